The molecule has 1 aromatic heterocycles. The van der Waals surface area contributed by atoms with Gasteiger partial charge in [0.15, 0.2) is 5.03 Å². The minimum atomic E-state index is -3.67. The predicted molar refractivity (Wildman–Crippen MR) is 68.5 cm³/mol. The molecule has 0 unspecified atom stereocenters. The molecule has 8 heteroatoms. The molecule has 0 saturated heterocycles. The molecule has 2 N–H and O–H groups in total. The first-order valence-electron chi connectivity index (χ1n) is 4.47. The van der Waals surface area contributed by atoms with Crippen molar-refractivity contribution in [3.63, 3.8) is 0 Å². The Hall–Kier alpha value is -1.05. The van der Waals surface area contributed by atoms with E-state index in [0.717, 1.165) is 0 Å². The van der Waals surface area contributed by atoms with E-state index in [-0.39, 0.29) is 5.03 Å². The molecule has 2 aromatic rings. The number of halogens is 2. The number of hydrogen-bond donors (Lipinski definition) is 2. The molecule has 0 atom stereocenters. The number of H-pyrrole nitrogens is 1. The molecule has 0 fully saturated rings. The van der Waals surface area contributed by atoms with Gasteiger partial charge in [-0.15, -0.1) is 0 Å². The second-order valence-electron chi connectivity index (χ2n) is 3.13. The first kappa shape index (κ1) is 12.4. The van der Waals surface area contributed by atoms with Crippen LogP contribution in [0.25, 0.3) is 0 Å². The molecule has 0 bridgehead atoms. The van der Waals surface area contributed by atoms with Crippen LogP contribution in [0, 0.1) is 0 Å². The number of benzene rings is 1. The normalized spacial score (nSPS) is 11.4. The Morgan fingerprint density at radius 2 is 2.12 bits per heavy atom. The second kappa shape index (κ2) is 4.67. The first-order chi connectivity index (χ1) is 8.00. The minimum Gasteiger partial charge on any atom is -0.277 e. The Morgan fingerprint density at radius 1 is 1.35 bits per heavy atom. The summed E-state index contributed by atoms with van der Waals surface area (Å²) in [5.41, 5.74) is 0.368. The molecule has 0 aliphatic heterocycles. The van der Waals surface area contributed by atoms with Crippen LogP contribution in [0.4, 0.5) is 5.69 Å². The van der Waals surface area contributed by atoms with Crippen LogP contribution in [0.5, 0.6) is 0 Å². The van der Waals surface area contributed by atoms with Crippen LogP contribution in [-0.4, -0.2) is 18.6 Å². The Balaban J connectivity index is 2.37. The molecule has 0 aliphatic rings. The lowest BCUT2D eigenvalue weighted by Crippen LogP contribution is -2.13. The van der Waals surface area contributed by atoms with Crippen molar-refractivity contribution in [1.29, 1.82) is 0 Å². The first-order valence-corrected chi connectivity index (χ1v) is 7.12. The smallest absolute Gasteiger partial charge is 0.277 e. The van der Waals surface area contributed by atoms with Gasteiger partial charge in [0.05, 0.1) is 21.4 Å². The van der Waals surface area contributed by atoms with E-state index in [0.29, 0.717) is 15.2 Å². The number of rotatable bonds is 3. The zero-order valence-corrected chi connectivity index (χ0v) is 11.5. The van der Waals surface area contributed by atoms with Crippen molar-refractivity contribution in [3.8, 4) is 0 Å². The summed E-state index contributed by atoms with van der Waals surface area (Å²) < 4.78 is 26.6. The van der Waals surface area contributed by atoms with Crippen molar-refractivity contribution in [2.24, 2.45) is 0 Å². The van der Waals surface area contributed by atoms with E-state index in [1.807, 2.05) is 0 Å². The summed E-state index contributed by atoms with van der Waals surface area (Å²) in [5.74, 6) is 0. The number of nitrogens with zero attached hydrogens (tertiary/aromatic N) is 1. The van der Waals surface area contributed by atoms with Crippen LogP contribution in [0.15, 0.2) is 40.0 Å². The molecule has 5 nitrogen and oxygen atoms in total. The second-order valence-corrected chi connectivity index (χ2v) is 5.98. The van der Waals surface area contributed by atoms with E-state index < -0.39 is 10.0 Å². The number of aromatic nitrogens is 2. The van der Waals surface area contributed by atoms with Crippen molar-refractivity contribution in [2.75, 3.05) is 4.72 Å². The zero-order valence-electron chi connectivity index (χ0n) is 8.31. The number of aromatic amines is 1. The van der Waals surface area contributed by atoms with E-state index in [2.05, 4.69) is 30.8 Å². The highest BCUT2D eigenvalue weighted by Gasteiger charge is 2.17. The molecule has 2 rings (SSSR count). The number of hydrogen-bond acceptors (Lipinski definition) is 3. The highest BCUT2D eigenvalue weighted by Crippen LogP contribution is 2.31. The van der Waals surface area contributed by atoms with Crippen molar-refractivity contribution >= 4 is 43.2 Å². The molecule has 17 heavy (non-hydrogen) atoms. The largest absolute Gasteiger partial charge is 0.278 e. The summed E-state index contributed by atoms with van der Waals surface area (Å²) in [4.78, 5) is 0. The van der Waals surface area contributed by atoms with Gasteiger partial charge in [0.25, 0.3) is 10.0 Å². The van der Waals surface area contributed by atoms with E-state index in [1.54, 1.807) is 18.2 Å². The van der Waals surface area contributed by atoms with Gasteiger partial charge in [-0.1, -0.05) is 17.7 Å². The summed E-state index contributed by atoms with van der Waals surface area (Å²) in [5, 5.41) is 6.39. The van der Waals surface area contributed by atoms with Crippen LogP contribution < -0.4 is 4.72 Å². The fourth-order valence-electron chi connectivity index (χ4n) is 1.18. The molecule has 0 saturated carbocycles. The Kier molecular flexibility index (Phi) is 3.41. The fourth-order valence-corrected chi connectivity index (χ4v) is 2.83. The molecule has 0 radical (unpaired) electrons. The third kappa shape index (κ3) is 2.62. The summed E-state index contributed by atoms with van der Waals surface area (Å²) in [6, 6.07) is 6.27. The van der Waals surface area contributed by atoms with Gasteiger partial charge in [-0.05, 0) is 34.1 Å². The monoisotopic (exact) mass is 335 g/mol. The molecular formula is C9H7BrClN3O2S. The maximum Gasteiger partial charge on any atom is 0.278 e. The molecular weight excluding hydrogens is 330 g/mol. The van der Waals surface area contributed by atoms with Crippen LogP contribution in [0.3, 0.4) is 0 Å². The number of sulfonamides is 1. The average molecular weight is 337 g/mol. The summed E-state index contributed by atoms with van der Waals surface area (Å²) in [7, 11) is -3.67. The highest BCUT2D eigenvalue weighted by molar-refractivity contribution is 9.10. The zero-order chi connectivity index (χ0) is 12.5. The lowest BCUT2D eigenvalue weighted by molar-refractivity contribution is 0.597. The third-order valence-corrected chi connectivity index (χ3v) is 4.65. The molecule has 90 valence electrons. The Bertz CT molecular complexity index is 628. The van der Waals surface area contributed by atoms with Crippen LogP contribution in [0.2, 0.25) is 5.02 Å². The van der Waals surface area contributed by atoms with Crippen LogP contribution in [0.1, 0.15) is 0 Å². The van der Waals surface area contributed by atoms with Gasteiger partial charge in [0.2, 0.25) is 0 Å². The van der Waals surface area contributed by atoms with Gasteiger partial charge in [-0.3, -0.25) is 9.82 Å². The summed E-state index contributed by atoms with van der Waals surface area (Å²) in [6.07, 6.45) is 1.36. The fraction of sp³-hybridized carbons (Fsp3) is 0. The van der Waals surface area contributed by atoms with E-state index in [4.69, 9.17) is 11.6 Å². The van der Waals surface area contributed by atoms with E-state index in [1.165, 1.54) is 12.3 Å². The number of nitrogens with one attached hydrogen (secondary N) is 2. The molecule has 1 aromatic carbocycles. The standard InChI is InChI=1S/C9H7BrClN3O2S/c10-9-6(11)2-1-3-7(9)14-17(15,16)8-4-5-12-13-8/h1-5,14H,(H,12,13). The lowest BCUT2D eigenvalue weighted by Gasteiger charge is -2.08. The maximum atomic E-state index is 11.9. The SMILES string of the molecule is O=S(=O)(Nc1cccc(Cl)c1Br)c1ccn[nH]1. The van der Waals surface area contributed by atoms with Gasteiger partial charge in [-0.2, -0.15) is 13.5 Å². The van der Waals surface area contributed by atoms with Crippen molar-refractivity contribution in [3.05, 3.63) is 40.0 Å². The molecule has 1 heterocycles. The van der Waals surface area contributed by atoms with Crippen molar-refractivity contribution < 1.29 is 8.42 Å². The van der Waals surface area contributed by atoms with E-state index in [9.17, 15) is 8.42 Å². The highest BCUT2D eigenvalue weighted by atomic mass is 79.9. The van der Waals surface area contributed by atoms with Crippen LogP contribution in [-0.2, 0) is 10.0 Å². The average Bonchev–Trinajstić information content (AvgIpc) is 2.78. The summed E-state index contributed by atoms with van der Waals surface area (Å²) in [6.45, 7) is 0. The minimum absolute atomic E-state index is 0.00984. The van der Waals surface area contributed by atoms with Gasteiger partial charge in [0, 0.05) is 0 Å². The van der Waals surface area contributed by atoms with Gasteiger partial charge in [-0.25, -0.2) is 0 Å². The molecule has 0 spiro atoms. The van der Waals surface area contributed by atoms with E-state index >= 15 is 0 Å². The van der Waals surface area contributed by atoms with Gasteiger partial charge >= 0.3 is 0 Å². The van der Waals surface area contributed by atoms with Gasteiger partial charge in [0.1, 0.15) is 0 Å². The van der Waals surface area contributed by atoms with Gasteiger partial charge < -0.3 is 0 Å². The molecule has 0 aliphatic carbocycles. The predicted octanol–water partition coefficient (Wildman–Crippen LogP) is 2.63. The Labute approximate surface area is 111 Å². The van der Waals surface area contributed by atoms with Crippen molar-refractivity contribution in [2.45, 2.75) is 5.03 Å². The summed E-state index contributed by atoms with van der Waals surface area (Å²) >= 11 is 9.08. The quantitative estimate of drug-likeness (QED) is 0.905. The number of anilines is 1. The Morgan fingerprint density at radius 3 is 2.76 bits per heavy atom. The lowest BCUT2D eigenvalue weighted by atomic mass is 10.3. The van der Waals surface area contributed by atoms with Crippen LogP contribution >= 0.6 is 27.5 Å². The van der Waals surface area contributed by atoms with Crippen molar-refractivity contribution in [1.82, 2.24) is 10.2 Å². The topological polar surface area (TPSA) is 74.8 Å². The third-order valence-electron chi connectivity index (χ3n) is 1.96. The molecule has 0 amide bonds. The maximum absolute atomic E-state index is 11.9.